The maximum absolute atomic E-state index is 14.4. The molecule has 2 heterocycles. The zero-order chi connectivity index (χ0) is 47.9. The van der Waals surface area contributed by atoms with Crippen LogP contribution in [-0.4, -0.2) is 110 Å². The molecule has 3 aromatic rings. The molecular formula is C51H69BrN6O8. The van der Waals surface area contributed by atoms with Crippen molar-refractivity contribution in [2.24, 2.45) is 16.8 Å². The van der Waals surface area contributed by atoms with Crippen LogP contribution in [0.4, 0.5) is 5.69 Å². The zero-order valence-electron chi connectivity index (χ0n) is 39.4. The van der Waals surface area contributed by atoms with E-state index < -0.39 is 41.5 Å². The number of carbonyl (C=O) groups is 4. The molecule has 66 heavy (non-hydrogen) atoms. The van der Waals surface area contributed by atoms with Crippen LogP contribution < -0.4 is 10.6 Å². The van der Waals surface area contributed by atoms with Gasteiger partial charge in [0.05, 0.1) is 40.9 Å². The normalized spacial score (nSPS) is 21.3. The number of Topliss-reactive ketones (excluding diaryl/α,β-unsaturated/α-hetero) is 2. The van der Waals surface area contributed by atoms with Crippen molar-refractivity contribution in [1.82, 2.24) is 20.2 Å². The van der Waals surface area contributed by atoms with Gasteiger partial charge in [-0.3, -0.25) is 34.1 Å². The van der Waals surface area contributed by atoms with Crippen LogP contribution >= 0.6 is 15.9 Å². The molecule has 1 amide bonds. The number of halogens is 1. The minimum Gasteiger partial charge on any atom is -0.462 e. The number of benzene rings is 2. The summed E-state index contributed by atoms with van der Waals surface area (Å²) in [6.07, 6.45) is 11.8. The molecule has 1 fully saturated rings. The quantitative estimate of drug-likeness (QED) is 0.0366. The molecule has 358 valence electrons. The molecule has 8 atom stereocenters. The third-order valence-corrected chi connectivity index (χ3v) is 13.9. The number of nitrogens with one attached hydrogen (secondary N) is 2. The van der Waals surface area contributed by atoms with Crippen LogP contribution in [-0.2, 0) is 35.1 Å². The van der Waals surface area contributed by atoms with Gasteiger partial charge in [-0.1, -0.05) is 68.5 Å². The summed E-state index contributed by atoms with van der Waals surface area (Å²) < 4.78 is 13.1. The zero-order valence-corrected chi connectivity index (χ0v) is 41.0. The predicted octanol–water partition coefficient (Wildman–Crippen LogP) is 7.85. The lowest BCUT2D eigenvalue weighted by atomic mass is 9.87. The summed E-state index contributed by atoms with van der Waals surface area (Å²) in [5.41, 5.74) is 0.899. The number of aromatic nitrogens is 2. The lowest BCUT2D eigenvalue weighted by Crippen LogP contribution is -2.59. The van der Waals surface area contributed by atoms with Crippen molar-refractivity contribution in [3.63, 3.8) is 0 Å². The van der Waals surface area contributed by atoms with E-state index in [-0.39, 0.29) is 55.0 Å². The Labute approximate surface area is 398 Å². The summed E-state index contributed by atoms with van der Waals surface area (Å²) in [5.74, 6) is -1.20. The van der Waals surface area contributed by atoms with Gasteiger partial charge in [-0.2, -0.15) is 0 Å². The van der Waals surface area contributed by atoms with Crippen molar-refractivity contribution >= 4 is 62.1 Å². The van der Waals surface area contributed by atoms with Crippen LogP contribution in [0.5, 0.6) is 0 Å². The Kier molecular flexibility index (Phi) is 19.6. The third kappa shape index (κ3) is 13.6. The highest BCUT2D eigenvalue weighted by molar-refractivity contribution is 9.10. The molecule has 1 aliphatic heterocycles. The molecule has 2 aliphatic rings. The molecule has 0 bridgehead atoms. The molecule has 0 radical (unpaired) electrons. The number of amides is 1. The summed E-state index contributed by atoms with van der Waals surface area (Å²) in [4.78, 5) is 69.2. The number of allylic oxidation sites excluding steroid dienone is 2. The number of aliphatic hydroxyl groups is 2. The number of fused-ring (bicyclic) bond motifs is 1. The largest absolute Gasteiger partial charge is 0.462 e. The van der Waals surface area contributed by atoms with Gasteiger partial charge >= 0.3 is 5.97 Å². The molecule has 1 aromatic heterocycles. The summed E-state index contributed by atoms with van der Waals surface area (Å²) in [7, 11) is 0. The highest BCUT2D eigenvalue weighted by Gasteiger charge is 2.47. The van der Waals surface area contributed by atoms with E-state index in [9.17, 15) is 29.4 Å². The highest BCUT2D eigenvalue weighted by Crippen LogP contribution is 2.39. The van der Waals surface area contributed by atoms with Crippen LogP contribution in [0.2, 0.25) is 0 Å². The smallest absolute Gasteiger partial charge is 0.306 e. The minimum absolute atomic E-state index is 0.0124. The average Bonchev–Trinajstić information content (AvgIpc) is 3.91. The number of aliphatic imine (C=N–C) groups is 1. The van der Waals surface area contributed by atoms with E-state index in [1.54, 1.807) is 32.3 Å². The maximum Gasteiger partial charge on any atom is 0.306 e. The number of hydrogen-bond donors (Lipinski definition) is 4. The van der Waals surface area contributed by atoms with Crippen molar-refractivity contribution in [3.05, 3.63) is 89.2 Å². The minimum atomic E-state index is -1.35. The number of rotatable bonds is 25. The molecule has 5 rings (SSSR count). The Bertz CT molecular complexity index is 2200. The second kappa shape index (κ2) is 24.8. The Morgan fingerprint density at radius 1 is 1.00 bits per heavy atom. The van der Waals surface area contributed by atoms with Crippen LogP contribution in [0.1, 0.15) is 111 Å². The second-order valence-corrected chi connectivity index (χ2v) is 18.5. The molecule has 15 heteroatoms. The molecule has 4 N–H and O–H groups in total. The number of carbonyl (C=O) groups excluding carboxylic acids is 4. The Morgan fingerprint density at radius 3 is 2.48 bits per heavy atom. The average molecular weight is 974 g/mol. The Balaban J connectivity index is 1.19. The van der Waals surface area contributed by atoms with E-state index in [2.05, 4.69) is 36.5 Å². The number of guanidine groups is 1. The van der Waals surface area contributed by atoms with Gasteiger partial charge in [-0.15, -0.1) is 0 Å². The van der Waals surface area contributed by atoms with Gasteiger partial charge in [0.2, 0.25) is 5.91 Å². The number of aryl methyl sites for hydroxylation is 1. The van der Waals surface area contributed by atoms with Gasteiger partial charge in [0.15, 0.2) is 17.5 Å². The van der Waals surface area contributed by atoms with E-state index in [1.807, 2.05) is 93.3 Å². The summed E-state index contributed by atoms with van der Waals surface area (Å²) in [6, 6.07) is 13.7. The van der Waals surface area contributed by atoms with Gasteiger partial charge in [0.1, 0.15) is 28.9 Å². The first-order chi connectivity index (χ1) is 31.6. The molecule has 0 saturated heterocycles. The number of esters is 1. The van der Waals surface area contributed by atoms with Gasteiger partial charge < -0.3 is 35.2 Å². The highest BCUT2D eigenvalue weighted by atomic mass is 79.9. The molecule has 1 saturated carbocycles. The first-order valence-electron chi connectivity index (χ1n) is 23.6. The summed E-state index contributed by atoms with van der Waals surface area (Å²) in [5, 5.41) is 28.3. The summed E-state index contributed by atoms with van der Waals surface area (Å²) in [6.45, 7) is 12.4. The monoisotopic (exact) mass is 972 g/mol. The first kappa shape index (κ1) is 52.1. The number of aliphatic hydroxyl groups excluding tert-OH is 2. The van der Waals surface area contributed by atoms with Crippen molar-refractivity contribution in [1.29, 1.82) is 0 Å². The number of unbranched alkanes of at least 4 members (excludes halogenated alkanes) is 1. The van der Waals surface area contributed by atoms with E-state index in [0.29, 0.717) is 76.1 Å². The van der Waals surface area contributed by atoms with E-state index >= 15 is 0 Å². The molecular weight excluding hydrogens is 904 g/mol. The number of nitrogens with zero attached hydrogens (tertiary/aromatic N) is 4. The number of ketones is 2. The van der Waals surface area contributed by atoms with E-state index in [4.69, 9.17) is 14.5 Å². The molecule has 1 aliphatic carbocycles. The fourth-order valence-corrected chi connectivity index (χ4v) is 9.39. The van der Waals surface area contributed by atoms with Crippen molar-refractivity contribution < 1.29 is 38.9 Å². The molecule has 2 aromatic carbocycles. The Hall–Kier alpha value is -4.83. The fourth-order valence-electron chi connectivity index (χ4n) is 8.86. The fraction of sp³-hybridized carbons (Fsp3) is 0.549. The van der Waals surface area contributed by atoms with Crippen molar-refractivity contribution in [2.75, 3.05) is 25.0 Å². The standard InChI is InChI=1S/C51H69BrN6O8/c1-7-50(5,58-32-31-56-49(58)57-39-25-26-40-47(46(39)52)55-30-29-54-40)48(64)34(4)66-51(6,8-2)43(61)27-28-45(63)65-42-33-41(60)37(24-23-36(59)22-21-35-17-13-12-14-18-35)38(42)19-15-10-11-16-20-44(62)53-9-3/h10,12-15,17-18,23-26,29-30,34,36-38,41-42,59-60H,7-9,11,16,19-22,27-28,31-33H2,1-6H3,(H,53,62)(H,56,57)/b15-10-,24-23+/t34?,36-,37-,38-,41-,42+,50?,51?/m1/s1. The predicted molar refractivity (Wildman–Crippen MR) is 261 cm³/mol. The van der Waals surface area contributed by atoms with Gasteiger partial charge in [0.25, 0.3) is 0 Å². The first-order valence-corrected chi connectivity index (χ1v) is 24.4. The van der Waals surface area contributed by atoms with Crippen LogP contribution in [0.15, 0.2) is 88.6 Å². The maximum atomic E-state index is 14.4. The van der Waals surface area contributed by atoms with Gasteiger partial charge in [0, 0.05) is 56.6 Å². The summed E-state index contributed by atoms with van der Waals surface area (Å²) >= 11 is 3.66. The van der Waals surface area contributed by atoms with E-state index in [0.717, 1.165) is 21.2 Å². The number of hydrogen-bond acceptors (Lipinski definition) is 13. The van der Waals surface area contributed by atoms with Crippen molar-refractivity contribution in [3.8, 4) is 0 Å². The van der Waals surface area contributed by atoms with Crippen molar-refractivity contribution in [2.45, 2.75) is 148 Å². The second-order valence-electron chi connectivity index (χ2n) is 17.7. The number of ether oxygens (including phenoxy) is 2. The van der Waals surface area contributed by atoms with Gasteiger partial charge in [-0.25, -0.2) is 0 Å². The SMILES string of the molecule is CCNC(=O)CCC/C=C\C[C@@H]1[C@@H](/C=C/[C@H](O)CCc2ccccc2)[C@H](O)C[C@@H]1OC(=O)CCC(=O)C(C)(CC)OC(C)C(=O)C(C)(CC)N1CCN=C1Nc1ccc2nccnc2c1Br. The van der Waals surface area contributed by atoms with E-state index in [1.165, 1.54) is 0 Å². The third-order valence-electron chi connectivity index (χ3n) is 13.1. The Morgan fingerprint density at radius 2 is 1.76 bits per heavy atom. The number of anilines is 1. The van der Waals surface area contributed by atoms with Crippen LogP contribution in [0.3, 0.4) is 0 Å². The lowest BCUT2D eigenvalue weighted by molar-refractivity contribution is -0.163. The van der Waals surface area contributed by atoms with Crippen LogP contribution in [0, 0.1) is 11.8 Å². The topological polar surface area (TPSA) is 193 Å². The molecule has 3 unspecified atom stereocenters. The lowest BCUT2D eigenvalue weighted by Gasteiger charge is -2.41. The van der Waals surface area contributed by atoms with Crippen LogP contribution in [0.25, 0.3) is 11.0 Å². The molecule has 14 nitrogen and oxygen atoms in total. The van der Waals surface area contributed by atoms with Gasteiger partial charge in [-0.05, 0) is 106 Å². The molecule has 0 spiro atoms.